The molecule has 3 heterocycles. The summed E-state index contributed by atoms with van der Waals surface area (Å²) in [6.07, 6.45) is 2.19. The number of hydrogen-bond acceptors (Lipinski definition) is 6. The van der Waals surface area contributed by atoms with E-state index in [0.29, 0.717) is 24.2 Å². The van der Waals surface area contributed by atoms with Gasteiger partial charge in [-0.3, -0.25) is 25.1 Å². The molecule has 31 heavy (non-hydrogen) atoms. The van der Waals surface area contributed by atoms with E-state index >= 15 is 0 Å². The van der Waals surface area contributed by atoms with E-state index in [-0.39, 0.29) is 23.8 Å². The molecule has 0 saturated carbocycles. The zero-order valence-corrected chi connectivity index (χ0v) is 18.3. The standard InChI is InChI=1S/C21H22N4O4S2/c26-19(11-16-8-10-31(28,29)14-16)22-23-21(27)17-13-25(12-15-5-2-1-3-6-15)24-20(17)18-7-4-9-30-18/h1-7,9,13,16H,8,10-12,14H2,(H,22,26)(H,23,27). The largest absolute Gasteiger partial charge is 0.273 e. The molecule has 0 bridgehead atoms. The smallest absolute Gasteiger partial charge is 0.273 e. The summed E-state index contributed by atoms with van der Waals surface area (Å²) in [4.78, 5) is 25.8. The van der Waals surface area contributed by atoms with E-state index in [2.05, 4.69) is 16.0 Å². The van der Waals surface area contributed by atoms with Crippen molar-refractivity contribution in [2.75, 3.05) is 11.5 Å². The van der Waals surface area contributed by atoms with Crippen LogP contribution in [0.5, 0.6) is 0 Å². The number of hydrazine groups is 1. The number of nitrogens with zero attached hydrogens (tertiary/aromatic N) is 2. The Bertz CT molecular complexity index is 1170. The van der Waals surface area contributed by atoms with Gasteiger partial charge in [-0.15, -0.1) is 11.3 Å². The fraction of sp³-hybridized carbons (Fsp3) is 0.286. The molecule has 162 valence electrons. The topological polar surface area (TPSA) is 110 Å². The number of aromatic nitrogens is 2. The summed E-state index contributed by atoms with van der Waals surface area (Å²) in [7, 11) is -3.05. The second-order valence-corrected chi connectivity index (χ2v) is 10.7. The summed E-state index contributed by atoms with van der Waals surface area (Å²) in [5, 5.41) is 6.49. The molecule has 1 aromatic carbocycles. The molecule has 0 radical (unpaired) electrons. The van der Waals surface area contributed by atoms with Gasteiger partial charge in [-0.2, -0.15) is 5.10 Å². The van der Waals surface area contributed by atoms with Gasteiger partial charge in [-0.1, -0.05) is 36.4 Å². The highest BCUT2D eigenvalue weighted by atomic mass is 32.2. The highest BCUT2D eigenvalue weighted by Crippen LogP contribution is 2.27. The summed E-state index contributed by atoms with van der Waals surface area (Å²) in [5.41, 5.74) is 6.78. The Labute approximate surface area is 184 Å². The number of carbonyl (C=O) groups excluding carboxylic acids is 2. The Balaban J connectivity index is 1.44. The summed E-state index contributed by atoms with van der Waals surface area (Å²) in [5.74, 6) is -0.970. The van der Waals surface area contributed by atoms with Crippen molar-refractivity contribution in [3.05, 3.63) is 65.2 Å². The fourth-order valence-electron chi connectivity index (χ4n) is 3.57. The number of thiophene rings is 1. The van der Waals surface area contributed by atoms with Crippen LogP contribution in [0.2, 0.25) is 0 Å². The van der Waals surface area contributed by atoms with Crippen LogP contribution in [-0.2, 0) is 21.2 Å². The van der Waals surface area contributed by atoms with Crippen LogP contribution < -0.4 is 10.9 Å². The minimum absolute atomic E-state index is 0.0170. The quantitative estimate of drug-likeness (QED) is 0.551. The maximum Gasteiger partial charge on any atom is 0.273 e. The van der Waals surface area contributed by atoms with Crippen LogP contribution in [0.1, 0.15) is 28.8 Å². The Morgan fingerprint density at radius 2 is 1.94 bits per heavy atom. The summed E-state index contributed by atoms with van der Waals surface area (Å²) < 4.78 is 24.8. The number of rotatable bonds is 6. The van der Waals surface area contributed by atoms with Gasteiger partial charge in [0.25, 0.3) is 5.91 Å². The van der Waals surface area contributed by atoms with Crippen molar-refractivity contribution in [1.29, 1.82) is 0 Å². The molecule has 1 unspecified atom stereocenters. The molecule has 2 N–H and O–H groups in total. The number of carbonyl (C=O) groups is 2. The van der Waals surface area contributed by atoms with Crippen LogP contribution in [-0.4, -0.2) is 41.5 Å². The van der Waals surface area contributed by atoms with Gasteiger partial charge in [0.2, 0.25) is 5.91 Å². The van der Waals surface area contributed by atoms with E-state index in [1.54, 1.807) is 10.9 Å². The second-order valence-electron chi connectivity index (χ2n) is 7.53. The Kier molecular flexibility index (Phi) is 6.19. The predicted octanol–water partition coefficient (Wildman–Crippen LogP) is 2.25. The number of nitrogens with one attached hydrogen (secondary N) is 2. The molecule has 2 amide bonds. The van der Waals surface area contributed by atoms with Crippen LogP contribution in [0.4, 0.5) is 0 Å². The van der Waals surface area contributed by atoms with Crippen molar-refractivity contribution in [3.8, 4) is 10.6 Å². The average molecular weight is 459 g/mol. The lowest BCUT2D eigenvalue weighted by Crippen LogP contribution is -2.42. The zero-order chi connectivity index (χ0) is 21.8. The first kappa shape index (κ1) is 21.3. The van der Waals surface area contributed by atoms with Gasteiger partial charge in [0.1, 0.15) is 5.69 Å². The summed E-state index contributed by atoms with van der Waals surface area (Å²) >= 11 is 1.47. The van der Waals surface area contributed by atoms with Crippen molar-refractivity contribution in [2.45, 2.75) is 19.4 Å². The van der Waals surface area contributed by atoms with Crippen molar-refractivity contribution in [3.63, 3.8) is 0 Å². The minimum atomic E-state index is -3.05. The molecule has 8 nitrogen and oxygen atoms in total. The van der Waals surface area contributed by atoms with Crippen LogP contribution in [0.3, 0.4) is 0 Å². The normalized spacial score (nSPS) is 17.4. The Morgan fingerprint density at radius 1 is 1.13 bits per heavy atom. The van der Waals surface area contributed by atoms with Gasteiger partial charge in [-0.25, -0.2) is 8.42 Å². The number of amides is 2. The third-order valence-electron chi connectivity index (χ3n) is 5.06. The molecular weight excluding hydrogens is 436 g/mol. The highest BCUT2D eigenvalue weighted by molar-refractivity contribution is 7.91. The van der Waals surface area contributed by atoms with Crippen molar-refractivity contribution < 1.29 is 18.0 Å². The maximum atomic E-state index is 12.8. The van der Waals surface area contributed by atoms with Crippen LogP contribution in [0.25, 0.3) is 10.6 Å². The Hall–Kier alpha value is -2.98. The minimum Gasteiger partial charge on any atom is -0.273 e. The average Bonchev–Trinajstić information content (AvgIpc) is 3.47. The molecule has 10 heteroatoms. The van der Waals surface area contributed by atoms with E-state index in [9.17, 15) is 18.0 Å². The van der Waals surface area contributed by atoms with Crippen LogP contribution in [0, 0.1) is 5.92 Å². The molecule has 1 saturated heterocycles. The van der Waals surface area contributed by atoms with Crippen LogP contribution in [0.15, 0.2) is 54.0 Å². The van der Waals surface area contributed by atoms with Gasteiger partial charge in [0.15, 0.2) is 9.84 Å². The number of hydrogen-bond donors (Lipinski definition) is 2. The molecule has 1 aliphatic rings. The number of sulfone groups is 1. The highest BCUT2D eigenvalue weighted by Gasteiger charge is 2.29. The van der Waals surface area contributed by atoms with Crippen molar-refractivity contribution in [1.82, 2.24) is 20.6 Å². The second kappa shape index (κ2) is 9.03. The third kappa shape index (κ3) is 5.39. The molecule has 1 aliphatic heterocycles. The summed E-state index contributed by atoms with van der Waals surface area (Å²) in [6, 6.07) is 13.6. The molecular formula is C21H22N4O4S2. The van der Waals surface area contributed by atoms with Gasteiger partial charge in [0.05, 0.1) is 28.5 Å². The number of benzene rings is 1. The predicted molar refractivity (Wildman–Crippen MR) is 118 cm³/mol. The van der Waals surface area contributed by atoms with Crippen molar-refractivity contribution in [2.24, 2.45) is 5.92 Å². The zero-order valence-electron chi connectivity index (χ0n) is 16.7. The lowest BCUT2D eigenvalue weighted by Gasteiger charge is -2.09. The third-order valence-corrected chi connectivity index (χ3v) is 7.78. The molecule has 0 spiro atoms. The maximum absolute atomic E-state index is 12.8. The van der Waals surface area contributed by atoms with Gasteiger partial charge < -0.3 is 0 Å². The van der Waals surface area contributed by atoms with Gasteiger partial charge in [-0.05, 0) is 29.3 Å². The Morgan fingerprint density at radius 3 is 2.61 bits per heavy atom. The van der Waals surface area contributed by atoms with E-state index in [4.69, 9.17) is 0 Å². The molecule has 0 aliphatic carbocycles. The first-order chi connectivity index (χ1) is 14.9. The van der Waals surface area contributed by atoms with Gasteiger partial charge >= 0.3 is 0 Å². The van der Waals surface area contributed by atoms with Crippen LogP contribution >= 0.6 is 11.3 Å². The summed E-state index contributed by atoms with van der Waals surface area (Å²) in [6.45, 7) is 0.509. The fourth-order valence-corrected chi connectivity index (χ4v) is 6.16. The lowest BCUT2D eigenvalue weighted by molar-refractivity contribution is -0.122. The molecule has 3 aromatic rings. The first-order valence-corrected chi connectivity index (χ1v) is 12.5. The first-order valence-electron chi connectivity index (χ1n) is 9.84. The lowest BCUT2D eigenvalue weighted by atomic mass is 10.1. The molecule has 1 fully saturated rings. The molecule has 2 aromatic heterocycles. The van der Waals surface area contributed by atoms with Crippen molar-refractivity contribution >= 4 is 33.0 Å². The van der Waals surface area contributed by atoms with E-state index in [0.717, 1.165) is 10.4 Å². The van der Waals surface area contributed by atoms with Gasteiger partial charge in [0, 0.05) is 12.6 Å². The monoisotopic (exact) mass is 458 g/mol. The van der Waals surface area contributed by atoms with E-state index in [1.165, 1.54) is 11.3 Å². The van der Waals surface area contributed by atoms with E-state index < -0.39 is 21.7 Å². The molecule has 1 atom stereocenters. The SMILES string of the molecule is O=C(CC1CCS(=O)(=O)C1)NNC(=O)c1cn(Cc2ccccc2)nc1-c1cccs1. The molecule has 4 rings (SSSR count). The van der Waals surface area contributed by atoms with E-state index in [1.807, 2.05) is 47.8 Å².